The Bertz CT molecular complexity index is 968. The highest BCUT2D eigenvalue weighted by atomic mass is 16.5. The molecular weight excluding hydrogens is 450 g/mol. The number of hydrogen-bond donors (Lipinski definition) is 4. The Morgan fingerprint density at radius 3 is 1.86 bits per heavy atom. The van der Waals surface area contributed by atoms with E-state index in [9.17, 15) is 29.5 Å². The van der Waals surface area contributed by atoms with Gasteiger partial charge in [0.05, 0.1) is 12.5 Å². The lowest BCUT2D eigenvalue weighted by Crippen LogP contribution is -2.54. The highest BCUT2D eigenvalue weighted by Crippen LogP contribution is 2.13. The molecule has 188 valence electrons. The highest BCUT2D eigenvalue weighted by Gasteiger charge is 2.30. The third kappa shape index (κ3) is 9.58. The number of rotatable bonds is 14. The fourth-order valence-corrected chi connectivity index (χ4v) is 3.72. The second-order valence-electron chi connectivity index (χ2n) is 8.89. The standard InChI is InChI=1S/C26H33N3O6/c1-18(2)13-22(25(32)28-23(26(33)34)15-20-11-7-4-8-12-20)27-24(31)21(16-29(35)17-30)14-19-9-5-3-6-10-19/h3-12,17-18,21-23,35H,13-16H2,1-2H3,(H,27,31)(H,28,32)(H,33,34)/t21?,22-,23-/m0/s1. The van der Waals surface area contributed by atoms with Gasteiger partial charge in [-0.25, -0.2) is 9.86 Å². The van der Waals surface area contributed by atoms with E-state index in [1.807, 2.05) is 50.2 Å². The number of nitrogens with zero attached hydrogens (tertiary/aromatic N) is 1. The van der Waals surface area contributed by atoms with Crippen LogP contribution in [-0.4, -0.2) is 58.2 Å². The summed E-state index contributed by atoms with van der Waals surface area (Å²) in [7, 11) is 0. The molecule has 0 saturated heterocycles. The van der Waals surface area contributed by atoms with Crippen molar-refractivity contribution in [2.75, 3.05) is 6.54 Å². The number of amides is 3. The van der Waals surface area contributed by atoms with Crippen LogP contribution in [0.5, 0.6) is 0 Å². The molecule has 9 nitrogen and oxygen atoms in total. The third-order valence-electron chi connectivity index (χ3n) is 5.46. The van der Waals surface area contributed by atoms with Gasteiger partial charge in [-0.05, 0) is 29.9 Å². The summed E-state index contributed by atoms with van der Waals surface area (Å²) in [6, 6.07) is 15.9. The summed E-state index contributed by atoms with van der Waals surface area (Å²) in [6.45, 7) is 3.51. The number of hydrogen-bond acceptors (Lipinski definition) is 5. The largest absolute Gasteiger partial charge is 0.480 e. The maximum atomic E-state index is 13.1. The van der Waals surface area contributed by atoms with Gasteiger partial charge < -0.3 is 15.7 Å². The summed E-state index contributed by atoms with van der Waals surface area (Å²) in [5.74, 6) is -3.11. The fraction of sp³-hybridized carbons (Fsp3) is 0.385. The number of hydroxylamine groups is 2. The molecule has 0 fully saturated rings. The van der Waals surface area contributed by atoms with Crippen molar-refractivity contribution in [1.82, 2.24) is 15.7 Å². The van der Waals surface area contributed by atoms with Gasteiger partial charge in [-0.3, -0.25) is 19.6 Å². The maximum Gasteiger partial charge on any atom is 0.326 e. The molecule has 0 spiro atoms. The maximum absolute atomic E-state index is 13.1. The Labute approximate surface area is 205 Å². The van der Waals surface area contributed by atoms with E-state index in [1.165, 1.54) is 0 Å². The first-order chi connectivity index (χ1) is 16.7. The van der Waals surface area contributed by atoms with Crippen LogP contribution in [0.15, 0.2) is 60.7 Å². The number of carboxylic acids is 1. The van der Waals surface area contributed by atoms with Gasteiger partial charge in [-0.2, -0.15) is 0 Å². The number of carbonyl (C=O) groups excluding carboxylic acids is 3. The zero-order valence-electron chi connectivity index (χ0n) is 20.0. The number of nitrogens with one attached hydrogen (secondary N) is 2. The van der Waals surface area contributed by atoms with Crippen molar-refractivity contribution in [1.29, 1.82) is 0 Å². The smallest absolute Gasteiger partial charge is 0.326 e. The summed E-state index contributed by atoms with van der Waals surface area (Å²) in [5.41, 5.74) is 1.58. The molecule has 3 amide bonds. The quantitative estimate of drug-likeness (QED) is 0.184. The van der Waals surface area contributed by atoms with Gasteiger partial charge in [0.2, 0.25) is 18.2 Å². The van der Waals surface area contributed by atoms with Crippen LogP contribution in [0.1, 0.15) is 31.4 Å². The van der Waals surface area contributed by atoms with Crippen LogP contribution in [0.2, 0.25) is 0 Å². The molecule has 2 aromatic carbocycles. The topological polar surface area (TPSA) is 136 Å². The Morgan fingerprint density at radius 1 is 0.857 bits per heavy atom. The summed E-state index contributed by atoms with van der Waals surface area (Å²) >= 11 is 0. The first-order valence-corrected chi connectivity index (χ1v) is 11.5. The predicted molar refractivity (Wildman–Crippen MR) is 129 cm³/mol. The summed E-state index contributed by atoms with van der Waals surface area (Å²) in [5, 5.41) is 25.0. The molecule has 9 heteroatoms. The monoisotopic (exact) mass is 483 g/mol. The Hall–Kier alpha value is -3.72. The van der Waals surface area contributed by atoms with Crippen molar-refractivity contribution >= 4 is 24.2 Å². The minimum absolute atomic E-state index is 0.0281. The normalized spacial score (nSPS) is 13.4. The lowest BCUT2D eigenvalue weighted by Gasteiger charge is -2.26. The second kappa shape index (κ2) is 13.9. The van der Waals surface area contributed by atoms with Crippen molar-refractivity contribution in [3.8, 4) is 0 Å². The molecule has 35 heavy (non-hydrogen) atoms. The molecule has 4 N–H and O–H groups in total. The van der Waals surface area contributed by atoms with Crippen molar-refractivity contribution < 1.29 is 29.5 Å². The Kier molecular flexibility index (Phi) is 10.9. The third-order valence-corrected chi connectivity index (χ3v) is 5.46. The van der Waals surface area contributed by atoms with Gasteiger partial charge in [0.15, 0.2) is 0 Å². The molecule has 0 bridgehead atoms. The van der Waals surface area contributed by atoms with Crippen LogP contribution in [0.4, 0.5) is 0 Å². The Balaban J connectivity index is 2.16. The lowest BCUT2D eigenvalue weighted by atomic mass is 9.96. The average Bonchev–Trinajstić information content (AvgIpc) is 2.83. The zero-order valence-corrected chi connectivity index (χ0v) is 20.0. The molecule has 0 radical (unpaired) electrons. The molecule has 2 rings (SSSR count). The van der Waals surface area contributed by atoms with E-state index in [0.29, 0.717) is 5.06 Å². The molecule has 1 unspecified atom stereocenters. The fourth-order valence-electron chi connectivity index (χ4n) is 3.72. The summed E-state index contributed by atoms with van der Waals surface area (Å²) < 4.78 is 0. The number of aliphatic carboxylic acids is 1. The van der Waals surface area contributed by atoms with Crippen LogP contribution in [0.25, 0.3) is 0 Å². The van der Waals surface area contributed by atoms with Gasteiger partial charge >= 0.3 is 5.97 Å². The van der Waals surface area contributed by atoms with Crippen LogP contribution < -0.4 is 10.6 Å². The molecule has 0 aliphatic carbocycles. The number of benzene rings is 2. The molecule has 0 aromatic heterocycles. The van der Waals surface area contributed by atoms with Crippen LogP contribution in [-0.2, 0) is 32.0 Å². The molecule has 2 aromatic rings. The van der Waals surface area contributed by atoms with E-state index in [0.717, 1.165) is 11.1 Å². The number of carbonyl (C=O) groups is 4. The van der Waals surface area contributed by atoms with Gasteiger partial charge in [-0.1, -0.05) is 74.5 Å². The summed E-state index contributed by atoms with van der Waals surface area (Å²) in [4.78, 5) is 49.0. The first kappa shape index (κ1) is 27.5. The predicted octanol–water partition coefficient (Wildman–Crippen LogP) is 2.04. The molecule has 0 saturated carbocycles. The van der Waals surface area contributed by atoms with E-state index in [2.05, 4.69) is 10.6 Å². The molecule has 3 atom stereocenters. The Morgan fingerprint density at radius 2 is 1.37 bits per heavy atom. The summed E-state index contributed by atoms with van der Waals surface area (Å²) in [6.07, 6.45) is 0.827. The van der Waals surface area contributed by atoms with E-state index < -0.39 is 35.8 Å². The van der Waals surface area contributed by atoms with Gasteiger partial charge in [0, 0.05) is 6.42 Å². The van der Waals surface area contributed by atoms with Crippen molar-refractivity contribution in [3.05, 3.63) is 71.8 Å². The number of carboxylic acid groups (broad SMARTS) is 1. The lowest BCUT2D eigenvalue weighted by molar-refractivity contribution is -0.154. The van der Waals surface area contributed by atoms with Crippen molar-refractivity contribution in [2.45, 2.75) is 45.2 Å². The van der Waals surface area contributed by atoms with Gasteiger partial charge in [0.1, 0.15) is 12.1 Å². The SMILES string of the molecule is CC(C)C[C@H](NC(=O)C(Cc1ccccc1)CN(O)C=O)C(=O)N[C@@H](Cc1ccccc1)C(=O)O. The average molecular weight is 484 g/mol. The highest BCUT2D eigenvalue weighted by molar-refractivity contribution is 5.91. The van der Waals surface area contributed by atoms with Gasteiger partial charge in [0.25, 0.3) is 0 Å². The molecule has 0 aliphatic heterocycles. The molecule has 0 heterocycles. The van der Waals surface area contributed by atoms with Crippen LogP contribution in [0, 0.1) is 11.8 Å². The zero-order chi connectivity index (χ0) is 25.8. The van der Waals surface area contributed by atoms with Crippen LogP contribution in [0.3, 0.4) is 0 Å². The molecule has 0 aliphatic rings. The minimum atomic E-state index is -1.18. The van der Waals surface area contributed by atoms with Gasteiger partial charge in [-0.15, -0.1) is 0 Å². The van der Waals surface area contributed by atoms with E-state index in [-0.39, 0.29) is 38.1 Å². The second-order valence-corrected chi connectivity index (χ2v) is 8.89. The first-order valence-electron chi connectivity index (χ1n) is 11.5. The van der Waals surface area contributed by atoms with E-state index >= 15 is 0 Å². The van der Waals surface area contributed by atoms with E-state index in [4.69, 9.17) is 0 Å². The molecular formula is C26H33N3O6. The van der Waals surface area contributed by atoms with Crippen molar-refractivity contribution in [3.63, 3.8) is 0 Å². The van der Waals surface area contributed by atoms with Crippen molar-refractivity contribution in [2.24, 2.45) is 11.8 Å². The minimum Gasteiger partial charge on any atom is -0.480 e. The van der Waals surface area contributed by atoms with Crippen LogP contribution >= 0.6 is 0 Å². The van der Waals surface area contributed by atoms with E-state index in [1.54, 1.807) is 24.3 Å².